The Labute approximate surface area is 180 Å². The van der Waals surface area contributed by atoms with Crippen LogP contribution >= 0.6 is 0 Å². The third kappa shape index (κ3) is 4.27. The number of pyridine rings is 2. The van der Waals surface area contributed by atoms with Crippen LogP contribution in [0.1, 0.15) is 45.7 Å². The van der Waals surface area contributed by atoms with Crippen molar-refractivity contribution in [3.8, 4) is 6.07 Å². The number of anilines is 1. The number of hydrogen-bond donors (Lipinski definition) is 2. The fraction of sp³-hybridized carbons (Fsp3) is 0.136. The maximum atomic E-state index is 12.9. The molecule has 32 heavy (non-hydrogen) atoms. The number of nitrogens with zero attached hydrogens (tertiary/aromatic N) is 4. The number of carbonyl (C=O) groups excluding carboxylic acids is 1. The van der Waals surface area contributed by atoms with Gasteiger partial charge in [0.2, 0.25) is 0 Å². The highest BCUT2D eigenvalue weighted by atomic mass is 19.4. The van der Waals surface area contributed by atoms with Gasteiger partial charge in [0.1, 0.15) is 11.6 Å². The number of imidazole rings is 1. The first kappa shape index (κ1) is 21.0. The fourth-order valence-corrected chi connectivity index (χ4v) is 3.09. The van der Waals surface area contributed by atoms with Crippen molar-refractivity contribution in [3.63, 3.8) is 0 Å². The summed E-state index contributed by atoms with van der Waals surface area (Å²) in [5.41, 5.74) is 0.975. The lowest BCUT2D eigenvalue weighted by atomic mass is 10.0. The van der Waals surface area contributed by atoms with E-state index in [2.05, 4.69) is 25.3 Å². The maximum Gasteiger partial charge on any atom is 0.417 e. The van der Waals surface area contributed by atoms with E-state index in [9.17, 15) is 18.0 Å². The van der Waals surface area contributed by atoms with Crippen LogP contribution in [0.15, 0.2) is 54.9 Å². The number of hydrogen-bond acceptors (Lipinski definition) is 5. The van der Waals surface area contributed by atoms with E-state index in [1.54, 1.807) is 36.5 Å². The first-order valence-electron chi connectivity index (χ1n) is 9.45. The minimum atomic E-state index is -4.49. The van der Waals surface area contributed by atoms with Crippen molar-refractivity contribution in [1.29, 1.82) is 5.26 Å². The zero-order chi connectivity index (χ0) is 22.9. The van der Waals surface area contributed by atoms with Gasteiger partial charge in [-0.05, 0) is 35.9 Å². The molecule has 4 aromatic rings. The van der Waals surface area contributed by atoms with Crippen molar-refractivity contribution >= 4 is 22.9 Å². The quantitative estimate of drug-likeness (QED) is 0.484. The third-order valence-electron chi connectivity index (χ3n) is 4.88. The normalized spacial score (nSPS) is 12.3. The highest BCUT2D eigenvalue weighted by molar-refractivity contribution is 6.03. The molecule has 0 fully saturated rings. The standard InChI is InChI=1S/C22H15F3N6O/c1-12(19-29-17-8-16(22(23,24)25)11-28-20(17)31-19)15-5-6-18(27-10-15)30-21(32)14-4-2-3-13(7-14)9-26/h2-8,10-12H,1H3,(H,27,30,32)(H,28,29,31). The van der Waals surface area contributed by atoms with Crippen LogP contribution in [-0.4, -0.2) is 25.8 Å². The molecule has 1 unspecified atom stereocenters. The fourth-order valence-electron chi connectivity index (χ4n) is 3.09. The molecule has 1 aromatic carbocycles. The number of nitrogens with one attached hydrogen (secondary N) is 2. The number of alkyl halides is 3. The largest absolute Gasteiger partial charge is 0.417 e. The topological polar surface area (TPSA) is 107 Å². The number of halogens is 3. The number of rotatable bonds is 4. The number of benzene rings is 1. The molecular formula is C22H15F3N6O. The molecule has 0 saturated carbocycles. The van der Waals surface area contributed by atoms with Gasteiger partial charge in [-0.25, -0.2) is 15.0 Å². The predicted molar refractivity (Wildman–Crippen MR) is 110 cm³/mol. The molecule has 0 aliphatic heterocycles. The first-order chi connectivity index (χ1) is 15.2. The Bertz CT molecular complexity index is 1340. The molecular weight excluding hydrogens is 421 g/mol. The van der Waals surface area contributed by atoms with E-state index in [1.165, 1.54) is 6.07 Å². The average molecular weight is 436 g/mol. The number of fused-ring (bicyclic) bond motifs is 1. The van der Waals surface area contributed by atoms with Crippen LogP contribution in [0.4, 0.5) is 19.0 Å². The Morgan fingerprint density at radius 2 is 1.97 bits per heavy atom. The molecule has 10 heteroatoms. The summed E-state index contributed by atoms with van der Waals surface area (Å²) in [7, 11) is 0. The van der Waals surface area contributed by atoms with Crippen molar-refractivity contribution in [2.45, 2.75) is 19.0 Å². The number of aromatic nitrogens is 4. The third-order valence-corrected chi connectivity index (χ3v) is 4.88. The maximum absolute atomic E-state index is 12.9. The van der Waals surface area contributed by atoms with Crippen LogP contribution in [-0.2, 0) is 6.18 Å². The molecule has 1 amide bonds. The van der Waals surface area contributed by atoms with Gasteiger partial charge < -0.3 is 10.3 Å². The lowest BCUT2D eigenvalue weighted by molar-refractivity contribution is -0.137. The number of H-pyrrole nitrogens is 1. The summed E-state index contributed by atoms with van der Waals surface area (Å²) in [5.74, 6) is 0.0513. The van der Waals surface area contributed by atoms with Crippen LogP contribution in [0.5, 0.6) is 0 Å². The van der Waals surface area contributed by atoms with Gasteiger partial charge in [-0.3, -0.25) is 4.79 Å². The highest BCUT2D eigenvalue weighted by Gasteiger charge is 2.31. The van der Waals surface area contributed by atoms with Crippen LogP contribution in [0.3, 0.4) is 0 Å². The molecule has 4 rings (SSSR count). The van der Waals surface area contributed by atoms with Crippen LogP contribution in [0.25, 0.3) is 11.2 Å². The van der Waals surface area contributed by atoms with Gasteiger partial charge >= 0.3 is 6.18 Å². The van der Waals surface area contributed by atoms with Crippen molar-refractivity contribution < 1.29 is 18.0 Å². The van der Waals surface area contributed by atoms with E-state index in [-0.39, 0.29) is 17.1 Å². The highest BCUT2D eigenvalue weighted by Crippen LogP contribution is 2.31. The molecule has 0 bridgehead atoms. The van der Waals surface area contributed by atoms with Gasteiger partial charge in [-0.15, -0.1) is 0 Å². The predicted octanol–water partition coefficient (Wildman–Crippen LogP) is 4.65. The Morgan fingerprint density at radius 3 is 2.66 bits per heavy atom. The molecule has 0 aliphatic carbocycles. The summed E-state index contributed by atoms with van der Waals surface area (Å²) >= 11 is 0. The van der Waals surface area contributed by atoms with E-state index in [1.807, 2.05) is 13.0 Å². The molecule has 7 nitrogen and oxygen atoms in total. The van der Waals surface area contributed by atoms with Crippen LogP contribution < -0.4 is 5.32 Å². The van der Waals surface area contributed by atoms with Crippen molar-refractivity contribution in [1.82, 2.24) is 19.9 Å². The zero-order valence-corrected chi connectivity index (χ0v) is 16.6. The molecule has 0 spiro atoms. The van der Waals surface area contributed by atoms with Crippen LogP contribution in [0.2, 0.25) is 0 Å². The smallest absolute Gasteiger partial charge is 0.340 e. The molecule has 160 valence electrons. The summed E-state index contributed by atoms with van der Waals surface area (Å²) in [6.45, 7) is 1.82. The second kappa shape index (κ2) is 8.11. The Kier molecular flexibility index (Phi) is 5.32. The molecule has 0 radical (unpaired) electrons. The minimum Gasteiger partial charge on any atom is -0.340 e. The van der Waals surface area contributed by atoms with E-state index < -0.39 is 17.6 Å². The van der Waals surface area contributed by atoms with Crippen LogP contribution in [0, 0.1) is 11.3 Å². The minimum absolute atomic E-state index is 0.191. The molecule has 0 saturated heterocycles. The number of aromatic amines is 1. The van der Waals surface area contributed by atoms with Gasteiger partial charge in [-0.1, -0.05) is 19.1 Å². The van der Waals surface area contributed by atoms with Gasteiger partial charge in [-0.2, -0.15) is 18.4 Å². The second-order valence-corrected chi connectivity index (χ2v) is 7.06. The van der Waals surface area contributed by atoms with E-state index in [0.29, 0.717) is 22.8 Å². The monoisotopic (exact) mass is 436 g/mol. The molecule has 2 N–H and O–H groups in total. The Hall–Kier alpha value is -4.26. The lowest BCUT2D eigenvalue weighted by Crippen LogP contribution is -2.13. The average Bonchev–Trinajstić information content (AvgIpc) is 3.22. The molecule has 1 atom stereocenters. The lowest BCUT2D eigenvalue weighted by Gasteiger charge is -2.10. The van der Waals surface area contributed by atoms with Crippen molar-refractivity contribution in [3.05, 3.63) is 82.9 Å². The second-order valence-electron chi connectivity index (χ2n) is 7.06. The van der Waals surface area contributed by atoms with Gasteiger partial charge in [0, 0.05) is 23.9 Å². The first-order valence-corrected chi connectivity index (χ1v) is 9.45. The van der Waals surface area contributed by atoms with E-state index in [4.69, 9.17) is 5.26 Å². The molecule has 3 heterocycles. The summed E-state index contributed by atoms with van der Waals surface area (Å²) in [6, 6.07) is 12.6. The van der Waals surface area contributed by atoms with E-state index >= 15 is 0 Å². The molecule has 3 aromatic heterocycles. The molecule has 0 aliphatic rings. The summed E-state index contributed by atoms with van der Waals surface area (Å²) in [6.07, 6.45) is -2.19. The Balaban J connectivity index is 1.51. The Morgan fingerprint density at radius 1 is 1.16 bits per heavy atom. The summed E-state index contributed by atoms with van der Waals surface area (Å²) in [5, 5.41) is 11.6. The summed E-state index contributed by atoms with van der Waals surface area (Å²) < 4.78 is 38.7. The number of amides is 1. The van der Waals surface area contributed by atoms with Gasteiger partial charge in [0.05, 0.1) is 22.7 Å². The van der Waals surface area contributed by atoms with E-state index in [0.717, 1.165) is 17.8 Å². The number of carbonyl (C=O) groups is 1. The van der Waals surface area contributed by atoms with Crippen molar-refractivity contribution in [2.24, 2.45) is 0 Å². The SMILES string of the molecule is CC(c1ccc(NC(=O)c2cccc(C#N)c2)nc1)c1nc2ncc(C(F)(F)F)cc2[nH]1. The number of nitriles is 1. The summed E-state index contributed by atoms with van der Waals surface area (Å²) in [4.78, 5) is 27.5. The van der Waals surface area contributed by atoms with Crippen molar-refractivity contribution in [2.75, 3.05) is 5.32 Å². The van der Waals surface area contributed by atoms with Gasteiger partial charge in [0.25, 0.3) is 5.91 Å². The van der Waals surface area contributed by atoms with Gasteiger partial charge in [0.15, 0.2) is 5.65 Å². The zero-order valence-electron chi connectivity index (χ0n) is 16.6.